The molecule has 2 N–H and O–H groups in total. The Morgan fingerprint density at radius 3 is 2.67 bits per heavy atom. The molecule has 1 aliphatic rings. The summed E-state index contributed by atoms with van der Waals surface area (Å²) in [6.07, 6.45) is 0.710. The lowest BCUT2D eigenvalue weighted by Crippen LogP contribution is -2.24. The summed E-state index contributed by atoms with van der Waals surface area (Å²) < 4.78 is 0. The van der Waals surface area contributed by atoms with E-state index in [0.717, 1.165) is 6.54 Å². The molecule has 1 aliphatic heterocycles. The fourth-order valence-corrected chi connectivity index (χ4v) is 1.50. The highest BCUT2D eigenvalue weighted by Crippen LogP contribution is 2.24. The summed E-state index contributed by atoms with van der Waals surface area (Å²) in [7, 11) is 0. The second-order valence-corrected chi connectivity index (χ2v) is 3.31. The van der Waals surface area contributed by atoms with Crippen molar-refractivity contribution in [2.75, 3.05) is 13.2 Å². The zero-order chi connectivity index (χ0) is 9.14. The van der Waals surface area contributed by atoms with Crippen molar-refractivity contribution in [2.45, 2.75) is 31.8 Å². The molecule has 12 heavy (non-hydrogen) atoms. The Labute approximate surface area is 71.8 Å². The maximum absolute atomic E-state index is 10.4. The number of aliphatic hydroxyl groups is 1. The Morgan fingerprint density at radius 1 is 1.75 bits per heavy atom. The minimum Gasteiger partial charge on any atom is -0.481 e. The SMILES string of the molecule is CC1CN1C(CCO)CC(=O)O. The zero-order valence-corrected chi connectivity index (χ0v) is 7.23. The van der Waals surface area contributed by atoms with Gasteiger partial charge >= 0.3 is 5.97 Å². The van der Waals surface area contributed by atoms with Crippen molar-refractivity contribution in [3.05, 3.63) is 0 Å². The fourth-order valence-electron chi connectivity index (χ4n) is 1.50. The van der Waals surface area contributed by atoms with Crippen LogP contribution in [0.25, 0.3) is 0 Å². The number of carboxylic acid groups (broad SMARTS) is 1. The zero-order valence-electron chi connectivity index (χ0n) is 7.23. The predicted octanol–water partition coefficient (Wildman–Crippen LogP) is -0.0838. The van der Waals surface area contributed by atoms with E-state index < -0.39 is 5.97 Å². The summed E-state index contributed by atoms with van der Waals surface area (Å²) in [4.78, 5) is 12.5. The largest absolute Gasteiger partial charge is 0.481 e. The summed E-state index contributed by atoms with van der Waals surface area (Å²) in [5.74, 6) is -0.785. The summed E-state index contributed by atoms with van der Waals surface area (Å²) in [6.45, 7) is 3.10. The molecule has 0 aromatic heterocycles. The molecule has 0 radical (unpaired) electrons. The van der Waals surface area contributed by atoms with Gasteiger partial charge in [-0.3, -0.25) is 9.69 Å². The molecule has 1 heterocycles. The van der Waals surface area contributed by atoms with Crippen molar-refractivity contribution in [3.8, 4) is 0 Å². The second-order valence-electron chi connectivity index (χ2n) is 3.31. The monoisotopic (exact) mass is 173 g/mol. The third-order valence-electron chi connectivity index (χ3n) is 2.25. The van der Waals surface area contributed by atoms with E-state index in [-0.39, 0.29) is 19.1 Å². The van der Waals surface area contributed by atoms with Crippen LogP contribution in [0, 0.1) is 0 Å². The molecule has 1 saturated heterocycles. The van der Waals surface area contributed by atoms with Crippen molar-refractivity contribution in [3.63, 3.8) is 0 Å². The van der Waals surface area contributed by atoms with Crippen LogP contribution < -0.4 is 0 Å². The van der Waals surface area contributed by atoms with Gasteiger partial charge in [0.15, 0.2) is 0 Å². The van der Waals surface area contributed by atoms with E-state index in [1.807, 2.05) is 0 Å². The maximum atomic E-state index is 10.4. The van der Waals surface area contributed by atoms with Crippen LogP contribution in [0.4, 0.5) is 0 Å². The van der Waals surface area contributed by atoms with Gasteiger partial charge in [0.2, 0.25) is 0 Å². The van der Waals surface area contributed by atoms with Crippen molar-refractivity contribution in [2.24, 2.45) is 0 Å². The molecule has 0 aromatic rings. The van der Waals surface area contributed by atoms with Crippen LogP contribution >= 0.6 is 0 Å². The number of carbonyl (C=O) groups is 1. The first-order valence-electron chi connectivity index (χ1n) is 4.23. The van der Waals surface area contributed by atoms with Crippen molar-refractivity contribution >= 4 is 5.97 Å². The third-order valence-corrected chi connectivity index (χ3v) is 2.25. The third kappa shape index (κ3) is 2.46. The highest BCUT2D eigenvalue weighted by Gasteiger charge is 2.36. The summed E-state index contributed by atoms with van der Waals surface area (Å²) in [6, 6.07) is 0.531. The summed E-state index contributed by atoms with van der Waals surface area (Å²) >= 11 is 0. The molecule has 0 bridgehead atoms. The lowest BCUT2D eigenvalue weighted by Gasteiger charge is -2.14. The Hall–Kier alpha value is -0.610. The lowest BCUT2D eigenvalue weighted by atomic mass is 10.1. The molecule has 3 unspecified atom stereocenters. The van der Waals surface area contributed by atoms with E-state index in [2.05, 4.69) is 11.8 Å². The summed E-state index contributed by atoms with van der Waals surface area (Å²) in [5.41, 5.74) is 0. The first kappa shape index (κ1) is 9.48. The van der Waals surface area contributed by atoms with Crippen LogP contribution in [0.1, 0.15) is 19.8 Å². The van der Waals surface area contributed by atoms with Gasteiger partial charge in [0.05, 0.1) is 6.42 Å². The molecular weight excluding hydrogens is 158 g/mol. The van der Waals surface area contributed by atoms with Gasteiger partial charge < -0.3 is 10.2 Å². The molecule has 0 aliphatic carbocycles. The van der Waals surface area contributed by atoms with Crippen LogP contribution in [0.2, 0.25) is 0 Å². The Balaban J connectivity index is 2.33. The van der Waals surface area contributed by atoms with Gasteiger partial charge in [-0.25, -0.2) is 0 Å². The number of hydrogen-bond acceptors (Lipinski definition) is 3. The molecule has 0 aromatic carbocycles. The van der Waals surface area contributed by atoms with E-state index in [1.165, 1.54) is 0 Å². The van der Waals surface area contributed by atoms with E-state index in [9.17, 15) is 4.79 Å². The number of aliphatic carboxylic acids is 1. The predicted molar refractivity (Wildman–Crippen MR) is 43.9 cm³/mol. The van der Waals surface area contributed by atoms with Gasteiger partial charge in [0.1, 0.15) is 0 Å². The van der Waals surface area contributed by atoms with Crippen molar-refractivity contribution in [1.82, 2.24) is 4.90 Å². The maximum Gasteiger partial charge on any atom is 0.304 e. The quantitative estimate of drug-likeness (QED) is 0.571. The minimum absolute atomic E-state index is 0.0301. The van der Waals surface area contributed by atoms with E-state index in [0.29, 0.717) is 12.5 Å². The molecule has 0 saturated carbocycles. The Kier molecular flexibility index (Phi) is 3.05. The number of aliphatic hydroxyl groups excluding tert-OH is 1. The molecular formula is C8H15NO3. The molecule has 1 fully saturated rings. The Morgan fingerprint density at radius 2 is 2.33 bits per heavy atom. The normalized spacial score (nSPS) is 29.8. The number of rotatable bonds is 5. The van der Waals surface area contributed by atoms with Crippen LogP contribution in [0.3, 0.4) is 0 Å². The standard InChI is InChI=1S/C8H15NO3/c1-6-5-9(6)7(2-3-10)4-8(11)12/h6-7,10H,2-5H2,1H3,(H,11,12). The second kappa shape index (κ2) is 3.87. The molecule has 4 nitrogen and oxygen atoms in total. The first-order valence-corrected chi connectivity index (χ1v) is 4.23. The van der Waals surface area contributed by atoms with Crippen molar-refractivity contribution in [1.29, 1.82) is 0 Å². The fraction of sp³-hybridized carbons (Fsp3) is 0.875. The van der Waals surface area contributed by atoms with Gasteiger partial charge in [-0.15, -0.1) is 0 Å². The van der Waals surface area contributed by atoms with Gasteiger partial charge in [-0.05, 0) is 13.3 Å². The number of nitrogens with zero attached hydrogens (tertiary/aromatic N) is 1. The highest BCUT2D eigenvalue weighted by molar-refractivity contribution is 5.67. The minimum atomic E-state index is -0.785. The van der Waals surface area contributed by atoms with Crippen molar-refractivity contribution < 1.29 is 15.0 Å². The van der Waals surface area contributed by atoms with Crippen LogP contribution in [-0.4, -0.2) is 46.3 Å². The molecule has 4 heteroatoms. The molecule has 1 rings (SSSR count). The first-order chi connectivity index (χ1) is 5.65. The molecule has 0 spiro atoms. The van der Waals surface area contributed by atoms with Crippen LogP contribution in [-0.2, 0) is 4.79 Å². The van der Waals surface area contributed by atoms with E-state index in [1.54, 1.807) is 0 Å². The van der Waals surface area contributed by atoms with E-state index >= 15 is 0 Å². The van der Waals surface area contributed by atoms with Gasteiger partial charge in [-0.2, -0.15) is 0 Å². The molecule has 70 valence electrons. The average Bonchev–Trinajstić information content (AvgIpc) is 2.65. The smallest absolute Gasteiger partial charge is 0.304 e. The van der Waals surface area contributed by atoms with E-state index in [4.69, 9.17) is 10.2 Å². The number of hydrogen-bond donors (Lipinski definition) is 2. The Bertz CT molecular complexity index is 172. The topological polar surface area (TPSA) is 60.5 Å². The average molecular weight is 173 g/mol. The van der Waals surface area contributed by atoms with Gasteiger partial charge in [-0.1, -0.05) is 0 Å². The van der Waals surface area contributed by atoms with Crippen LogP contribution in [0.5, 0.6) is 0 Å². The van der Waals surface area contributed by atoms with Gasteiger partial charge in [0.25, 0.3) is 0 Å². The summed E-state index contributed by atoms with van der Waals surface area (Å²) in [5, 5.41) is 17.3. The lowest BCUT2D eigenvalue weighted by molar-refractivity contribution is -0.138. The molecule has 0 amide bonds. The highest BCUT2D eigenvalue weighted by atomic mass is 16.4. The van der Waals surface area contributed by atoms with Gasteiger partial charge in [0, 0.05) is 25.2 Å². The van der Waals surface area contributed by atoms with Crippen LogP contribution in [0.15, 0.2) is 0 Å². The molecule has 3 atom stereocenters. The number of carboxylic acids is 1.